The summed E-state index contributed by atoms with van der Waals surface area (Å²) in [4.78, 5) is 14.4. The van der Waals surface area contributed by atoms with E-state index in [1.54, 1.807) is 0 Å². The molecular formula is C19H27NO4. The van der Waals surface area contributed by atoms with Crippen LogP contribution >= 0.6 is 0 Å². The Bertz CT molecular complexity index is 534. The van der Waals surface area contributed by atoms with Crippen LogP contribution in [0.25, 0.3) is 0 Å². The number of carbonyl (C=O) groups excluding carboxylic acids is 1. The zero-order valence-electron chi connectivity index (χ0n) is 14.3. The lowest BCUT2D eigenvalue weighted by molar-refractivity contribution is -0.0664. The van der Waals surface area contributed by atoms with E-state index < -0.39 is 5.60 Å². The molecule has 132 valence electrons. The van der Waals surface area contributed by atoms with Crippen molar-refractivity contribution in [1.82, 2.24) is 4.90 Å². The van der Waals surface area contributed by atoms with Gasteiger partial charge in [0.2, 0.25) is 0 Å². The smallest absolute Gasteiger partial charge is 0.410 e. The minimum atomic E-state index is -0.711. The number of nitrogens with zero attached hydrogens (tertiary/aromatic N) is 1. The maximum absolute atomic E-state index is 12.5. The fourth-order valence-corrected chi connectivity index (χ4v) is 4.03. The second-order valence-corrected chi connectivity index (χ2v) is 6.91. The molecule has 0 aromatic heterocycles. The van der Waals surface area contributed by atoms with E-state index in [1.807, 2.05) is 42.2 Å². The summed E-state index contributed by atoms with van der Waals surface area (Å²) in [6.45, 7) is 3.50. The quantitative estimate of drug-likeness (QED) is 0.813. The molecule has 2 bridgehead atoms. The van der Waals surface area contributed by atoms with Crippen molar-refractivity contribution in [2.24, 2.45) is 0 Å². The molecule has 0 radical (unpaired) electrons. The number of benzene rings is 1. The molecule has 2 aliphatic heterocycles. The topological polar surface area (TPSA) is 59.0 Å². The number of amides is 1. The summed E-state index contributed by atoms with van der Waals surface area (Å²) in [6.07, 6.45) is 3.52. The van der Waals surface area contributed by atoms with Gasteiger partial charge in [-0.3, -0.25) is 0 Å². The number of fused-ring (bicyclic) bond motifs is 2. The van der Waals surface area contributed by atoms with Gasteiger partial charge in [0.15, 0.2) is 0 Å². The van der Waals surface area contributed by atoms with Crippen LogP contribution in [0.4, 0.5) is 4.79 Å². The molecule has 2 atom stereocenters. The van der Waals surface area contributed by atoms with Gasteiger partial charge < -0.3 is 19.5 Å². The maximum Gasteiger partial charge on any atom is 0.410 e. The molecule has 2 aliphatic rings. The first-order valence-corrected chi connectivity index (χ1v) is 8.90. The van der Waals surface area contributed by atoms with Crippen molar-refractivity contribution in [3.05, 3.63) is 35.9 Å². The van der Waals surface area contributed by atoms with Crippen LogP contribution in [0, 0.1) is 0 Å². The van der Waals surface area contributed by atoms with Gasteiger partial charge in [-0.05, 0) is 44.6 Å². The summed E-state index contributed by atoms with van der Waals surface area (Å²) in [5, 5.41) is 10.8. The first-order chi connectivity index (χ1) is 11.6. The second kappa shape index (κ2) is 7.53. The Morgan fingerprint density at radius 2 is 1.92 bits per heavy atom. The van der Waals surface area contributed by atoms with Crippen LogP contribution in [0.3, 0.4) is 0 Å². The van der Waals surface area contributed by atoms with Crippen LogP contribution in [0.2, 0.25) is 0 Å². The molecule has 2 unspecified atom stereocenters. The second-order valence-electron chi connectivity index (χ2n) is 6.91. The van der Waals surface area contributed by atoms with Crippen molar-refractivity contribution in [3.8, 4) is 0 Å². The average molecular weight is 333 g/mol. The lowest BCUT2D eigenvalue weighted by Crippen LogP contribution is -2.53. The molecule has 1 N–H and O–H groups in total. The van der Waals surface area contributed by atoms with Crippen LogP contribution in [0.1, 0.15) is 44.6 Å². The van der Waals surface area contributed by atoms with Crippen molar-refractivity contribution in [2.45, 2.75) is 63.3 Å². The number of rotatable bonds is 6. The summed E-state index contributed by atoms with van der Waals surface area (Å²) in [5.41, 5.74) is 0.278. The molecule has 2 saturated heterocycles. The predicted molar refractivity (Wildman–Crippen MR) is 90.6 cm³/mol. The van der Waals surface area contributed by atoms with Crippen LogP contribution in [-0.4, -0.2) is 47.0 Å². The largest absolute Gasteiger partial charge is 0.445 e. The average Bonchev–Trinajstić information content (AvgIpc) is 2.86. The van der Waals surface area contributed by atoms with Gasteiger partial charge in [0, 0.05) is 25.3 Å². The maximum atomic E-state index is 12.5. The zero-order chi connectivity index (χ0) is 17.0. The number of hydrogen-bond donors (Lipinski definition) is 1. The van der Waals surface area contributed by atoms with E-state index in [4.69, 9.17) is 9.47 Å². The van der Waals surface area contributed by atoms with E-state index in [-0.39, 0.29) is 18.2 Å². The van der Waals surface area contributed by atoms with Crippen molar-refractivity contribution in [3.63, 3.8) is 0 Å². The number of piperidine rings is 1. The Morgan fingerprint density at radius 1 is 1.25 bits per heavy atom. The molecular weight excluding hydrogens is 306 g/mol. The molecule has 0 aliphatic carbocycles. The van der Waals surface area contributed by atoms with Crippen molar-refractivity contribution in [1.29, 1.82) is 0 Å². The third kappa shape index (κ3) is 3.90. The first-order valence-electron chi connectivity index (χ1n) is 8.90. The Kier molecular flexibility index (Phi) is 5.41. The van der Waals surface area contributed by atoms with E-state index in [2.05, 4.69) is 0 Å². The lowest BCUT2D eigenvalue weighted by atomic mass is 9.84. The van der Waals surface area contributed by atoms with Crippen LogP contribution in [0.5, 0.6) is 0 Å². The van der Waals surface area contributed by atoms with Gasteiger partial charge in [0.1, 0.15) is 6.61 Å². The highest BCUT2D eigenvalue weighted by Gasteiger charge is 2.49. The van der Waals surface area contributed by atoms with Crippen LogP contribution in [0.15, 0.2) is 30.3 Å². The Morgan fingerprint density at radius 3 is 2.54 bits per heavy atom. The zero-order valence-corrected chi connectivity index (χ0v) is 14.3. The van der Waals surface area contributed by atoms with Crippen LogP contribution < -0.4 is 0 Å². The summed E-state index contributed by atoms with van der Waals surface area (Å²) in [5.74, 6) is 0. The molecule has 1 aromatic carbocycles. The SMILES string of the molecule is CCOCCC1(O)CC2CCC(C1)N2C(=O)OCc1ccccc1. The highest BCUT2D eigenvalue weighted by atomic mass is 16.6. The fraction of sp³-hybridized carbons (Fsp3) is 0.632. The van der Waals surface area contributed by atoms with E-state index in [9.17, 15) is 9.90 Å². The van der Waals surface area contributed by atoms with Gasteiger partial charge in [0.05, 0.1) is 5.60 Å². The standard InChI is InChI=1S/C19H27NO4/c1-2-23-11-10-19(22)12-16-8-9-17(13-19)20(16)18(21)24-14-15-6-4-3-5-7-15/h3-7,16-17,22H,2,8-14H2,1H3. The molecule has 0 spiro atoms. The molecule has 1 aromatic rings. The number of hydrogen-bond acceptors (Lipinski definition) is 4. The minimum Gasteiger partial charge on any atom is -0.445 e. The van der Waals surface area contributed by atoms with Gasteiger partial charge in [-0.15, -0.1) is 0 Å². The van der Waals surface area contributed by atoms with Gasteiger partial charge in [0.25, 0.3) is 0 Å². The molecule has 2 fully saturated rings. The van der Waals surface area contributed by atoms with E-state index >= 15 is 0 Å². The highest BCUT2D eigenvalue weighted by molar-refractivity contribution is 5.69. The monoisotopic (exact) mass is 333 g/mol. The summed E-state index contributed by atoms with van der Waals surface area (Å²) in [6, 6.07) is 9.88. The lowest BCUT2D eigenvalue weighted by Gasteiger charge is -2.43. The minimum absolute atomic E-state index is 0.0821. The first kappa shape index (κ1) is 17.2. The van der Waals surface area contributed by atoms with Crippen molar-refractivity contribution < 1.29 is 19.4 Å². The van der Waals surface area contributed by atoms with Gasteiger partial charge in [-0.25, -0.2) is 4.79 Å². The van der Waals surface area contributed by atoms with Crippen LogP contribution in [-0.2, 0) is 16.1 Å². The summed E-state index contributed by atoms with van der Waals surface area (Å²) < 4.78 is 10.9. The van der Waals surface area contributed by atoms with Gasteiger partial charge >= 0.3 is 6.09 Å². The molecule has 5 heteroatoms. The fourth-order valence-electron chi connectivity index (χ4n) is 4.03. The van der Waals surface area contributed by atoms with Crippen molar-refractivity contribution in [2.75, 3.05) is 13.2 Å². The number of carbonyl (C=O) groups is 1. The predicted octanol–water partition coefficient (Wildman–Crippen LogP) is 3.11. The van der Waals surface area contributed by atoms with Crippen molar-refractivity contribution >= 4 is 6.09 Å². The van der Waals surface area contributed by atoms with E-state index in [0.29, 0.717) is 39.1 Å². The third-order valence-electron chi connectivity index (χ3n) is 5.18. The molecule has 1 amide bonds. The highest BCUT2D eigenvalue weighted by Crippen LogP contribution is 2.42. The molecule has 24 heavy (non-hydrogen) atoms. The van der Waals surface area contributed by atoms with Gasteiger partial charge in [-0.1, -0.05) is 30.3 Å². The Hall–Kier alpha value is -1.59. The van der Waals surface area contributed by atoms with E-state index in [1.165, 1.54) is 0 Å². The summed E-state index contributed by atoms with van der Waals surface area (Å²) in [7, 11) is 0. The summed E-state index contributed by atoms with van der Waals surface area (Å²) >= 11 is 0. The molecule has 5 nitrogen and oxygen atoms in total. The number of aliphatic hydroxyl groups is 1. The Labute approximate surface area is 143 Å². The number of ether oxygens (including phenoxy) is 2. The third-order valence-corrected chi connectivity index (χ3v) is 5.18. The normalized spacial score (nSPS) is 28.8. The molecule has 2 heterocycles. The van der Waals surface area contributed by atoms with E-state index in [0.717, 1.165) is 18.4 Å². The molecule has 3 rings (SSSR count). The molecule has 0 saturated carbocycles. The Balaban J connectivity index is 1.55. The van der Waals surface area contributed by atoms with Gasteiger partial charge in [-0.2, -0.15) is 0 Å².